The van der Waals surface area contributed by atoms with Crippen LogP contribution in [0.5, 0.6) is 0 Å². The second-order valence-corrected chi connectivity index (χ2v) is 3.59. The van der Waals surface area contributed by atoms with E-state index >= 15 is 0 Å². The Kier molecular flexibility index (Phi) is 2.97. The number of carbonyl (C=O) groups excluding carboxylic acids is 1. The van der Waals surface area contributed by atoms with Crippen molar-refractivity contribution in [1.82, 2.24) is 9.78 Å². The highest BCUT2D eigenvalue weighted by molar-refractivity contribution is 6.34. The molecule has 0 spiro atoms. The molecule has 0 amide bonds. The molecule has 0 atom stereocenters. The minimum absolute atomic E-state index is 0.0308. The first-order chi connectivity index (χ1) is 8.04. The smallest absolute Gasteiger partial charge is 0.337 e. The number of fused-ring (bicyclic) bond motifs is 1. The molecule has 0 bridgehead atoms. The fourth-order valence-electron chi connectivity index (χ4n) is 1.49. The van der Waals surface area contributed by atoms with E-state index < -0.39 is 12.5 Å². The summed E-state index contributed by atoms with van der Waals surface area (Å²) in [7, 11) is 1.21. The highest BCUT2D eigenvalue weighted by atomic mass is 35.5. The van der Waals surface area contributed by atoms with Gasteiger partial charge in [0, 0.05) is 5.39 Å². The number of ether oxygens (including phenoxy) is 1. The first-order valence-electron chi connectivity index (χ1n) is 4.59. The third-order valence-electron chi connectivity index (χ3n) is 2.27. The van der Waals surface area contributed by atoms with E-state index in [1.807, 2.05) is 0 Å². The lowest BCUT2D eigenvalue weighted by Crippen LogP contribution is -2.03. The molecule has 4 nitrogen and oxygen atoms in total. The average molecular weight is 261 g/mol. The van der Waals surface area contributed by atoms with E-state index in [2.05, 4.69) is 9.84 Å². The van der Waals surface area contributed by atoms with Crippen LogP contribution in [-0.4, -0.2) is 22.9 Å². The van der Waals surface area contributed by atoms with Crippen LogP contribution >= 0.6 is 11.6 Å². The molecule has 1 aromatic carbocycles. The van der Waals surface area contributed by atoms with Crippen molar-refractivity contribution in [2.75, 3.05) is 7.11 Å². The average Bonchev–Trinajstić information content (AvgIpc) is 2.65. The molecule has 0 radical (unpaired) electrons. The molecule has 0 aliphatic carbocycles. The molecule has 90 valence electrons. The van der Waals surface area contributed by atoms with Crippen molar-refractivity contribution < 1.29 is 18.3 Å². The maximum atomic E-state index is 12.7. The van der Waals surface area contributed by atoms with E-state index in [0.717, 1.165) is 0 Å². The van der Waals surface area contributed by atoms with Crippen molar-refractivity contribution in [2.45, 2.75) is 6.55 Å². The highest BCUT2D eigenvalue weighted by Crippen LogP contribution is 2.27. The SMILES string of the molecule is COC(=O)c1ccc2c(Cl)nn(C(F)F)c2c1. The Balaban J connectivity index is 2.66. The molecule has 0 fully saturated rings. The maximum absolute atomic E-state index is 12.7. The van der Waals surface area contributed by atoms with Crippen molar-refractivity contribution in [3.63, 3.8) is 0 Å². The zero-order valence-electron chi connectivity index (χ0n) is 8.65. The largest absolute Gasteiger partial charge is 0.465 e. The standard InChI is InChI=1S/C10H7ClF2N2O2/c1-17-9(16)5-2-3-6-7(4-5)15(10(12)13)14-8(6)11/h2-4,10H,1H3. The van der Waals surface area contributed by atoms with Gasteiger partial charge in [-0.2, -0.15) is 13.9 Å². The second-order valence-electron chi connectivity index (χ2n) is 3.24. The van der Waals surface area contributed by atoms with Crippen molar-refractivity contribution in [1.29, 1.82) is 0 Å². The molecule has 0 saturated carbocycles. The van der Waals surface area contributed by atoms with Crippen LogP contribution in [0.3, 0.4) is 0 Å². The van der Waals surface area contributed by atoms with Crippen molar-refractivity contribution >= 4 is 28.5 Å². The Hall–Kier alpha value is -1.69. The number of hydrogen-bond donors (Lipinski definition) is 0. The number of benzene rings is 1. The third-order valence-corrected chi connectivity index (χ3v) is 2.55. The molecule has 0 aliphatic heterocycles. The summed E-state index contributed by atoms with van der Waals surface area (Å²) in [5.74, 6) is -0.606. The molecular weight excluding hydrogens is 254 g/mol. The number of rotatable bonds is 2. The van der Waals surface area contributed by atoms with Crippen molar-refractivity contribution in [3.05, 3.63) is 28.9 Å². The normalized spacial score (nSPS) is 11.1. The van der Waals surface area contributed by atoms with Crippen LogP contribution in [0, 0.1) is 0 Å². The fourth-order valence-corrected chi connectivity index (χ4v) is 1.73. The van der Waals surface area contributed by atoms with Crippen LogP contribution in [0.15, 0.2) is 18.2 Å². The summed E-state index contributed by atoms with van der Waals surface area (Å²) in [6.07, 6.45) is 0. The Morgan fingerprint density at radius 3 is 2.82 bits per heavy atom. The molecule has 7 heteroatoms. The zero-order valence-corrected chi connectivity index (χ0v) is 9.41. The lowest BCUT2D eigenvalue weighted by atomic mass is 10.2. The van der Waals surface area contributed by atoms with E-state index in [9.17, 15) is 13.6 Å². The maximum Gasteiger partial charge on any atom is 0.337 e. The molecule has 0 N–H and O–H groups in total. The van der Waals surface area contributed by atoms with Crippen molar-refractivity contribution in [3.8, 4) is 0 Å². The summed E-state index contributed by atoms with van der Waals surface area (Å²) in [5, 5.41) is 3.83. The van der Waals surface area contributed by atoms with Gasteiger partial charge < -0.3 is 4.74 Å². The van der Waals surface area contributed by atoms with Crippen LogP contribution in [0.1, 0.15) is 16.9 Å². The van der Waals surface area contributed by atoms with E-state index in [-0.39, 0.29) is 16.2 Å². The molecule has 1 heterocycles. The summed E-state index contributed by atoms with van der Waals surface area (Å²) >= 11 is 5.71. The predicted octanol–water partition coefficient (Wildman–Crippen LogP) is 2.87. The van der Waals surface area contributed by atoms with Gasteiger partial charge in [0.15, 0.2) is 5.15 Å². The number of aromatic nitrogens is 2. The zero-order chi connectivity index (χ0) is 12.6. The number of nitrogens with zero attached hydrogens (tertiary/aromatic N) is 2. The Morgan fingerprint density at radius 1 is 1.53 bits per heavy atom. The highest BCUT2D eigenvalue weighted by Gasteiger charge is 2.17. The minimum Gasteiger partial charge on any atom is -0.465 e. The number of alkyl halides is 2. The van der Waals surface area contributed by atoms with Crippen LogP contribution < -0.4 is 0 Å². The summed E-state index contributed by atoms with van der Waals surface area (Å²) in [5.41, 5.74) is 0.256. The minimum atomic E-state index is -2.82. The van der Waals surface area contributed by atoms with Gasteiger partial charge in [0.05, 0.1) is 18.2 Å². The number of carbonyl (C=O) groups is 1. The van der Waals surface area contributed by atoms with Crippen LogP contribution in [0.25, 0.3) is 10.9 Å². The van der Waals surface area contributed by atoms with E-state index in [4.69, 9.17) is 11.6 Å². The molecule has 17 heavy (non-hydrogen) atoms. The lowest BCUT2D eigenvalue weighted by Gasteiger charge is -2.02. The Labute approximate surface area is 99.7 Å². The van der Waals surface area contributed by atoms with Crippen LogP contribution in [0.2, 0.25) is 5.15 Å². The third kappa shape index (κ3) is 1.95. The molecule has 0 aliphatic rings. The number of hydrogen-bond acceptors (Lipinski definition) is 3. The van der Waals surface area contributed by atoms with Crippen LogP contribution in [0.4, 0.5) is 8.78 Å². The Morgan fingerprint density at radius 2 is 2.24 bits per heavy atom. The topological polar surface area (TPSA) is 44.1 Å². The summed E-state index contributed by atoms with van der Waals surface area (Å²) in [6, 6.07) is 4.17. The van der Waals surface area contributed by atoms with Crippen LogP contribution in [-0.2, 0) is 4.74 Å². The van der Waals surface area contributed by atoms with Gasteiger partial charge in [-0.3, -0.25) is 0 Å². The van der Waals surface area contributed by atoms with Gasteiger partial charge in [-0.05, 0) is 18.2 Å². The molecule has 0 saturated heterocycles. The van der Waals surface area contributed by atoms with Gasteiger partial charge in [0.2, 0.25) is 0 Å². The van der Waals surface area contributed by atoms with E-state index in [0.29, 0.717) is 10.1 Å². The Bertz CT molecular complexity index is 583. The molecule has 1 aromatic heterocycles. The van der Waals surface area contributed by atoms with Crippen molar-refractivity contribution in [2.24, 2.45) is 0 Å². The van der Waals surface area contributed by atoms with Gasteiger partial charge >= 0.3 is 12.5 Å². The predicted molar refractivity (Wildman–Crippen MR) is 57.3 cm³/mol. The number of esters is 1. The fraction of sp³-hybridized carbons (Fsp3) is 0.200. The van der Waals surface area contributed by atoms with E-state index in [1.54, 1.807) is 0 Å². The van der Waals surface area contributed by atoms with Gasteiger partial charge in [-0.25, -0.2) is 9.48 Å². The van der Waals surface area contributed by atoms with Gasteiger partial charge in [-0.1, -0.05) is 11.6 Å². The summed E-state index contributed by atoms with van der Waals surface area (Å²) < 4.78 is 30.3. The first-order valence-corrected chi connectivity index (χ1v) is 4.96. The molecule has 2 rings (SSSR count). The first kappa shape index (κ1) is 11.8. The molecule has 0 unspecified atom stereocenters. The molecule has 2 aromatic rings. The number of halogens is 3. The number of methoxy groups -OCH3 is 1. The molecular formula is C10H7ClF2N2O2. The van der Waals surface area contributed by atoms with E-state index in [1.165, 1.54) is 25.3 Å². The van der Waals surface area contributed by atoms with Gasteiger partial charge in [0.25, 0.3) is 0 Å². The monoisotopic (exact) mass is 260 g/mol. The summed E-state index contributed by atoms with van der Waals surface area (Å²) in [4.78, 5) is 11.3. The quantitative estimate of drug-likeness (QED) is 0.780. The van der Waals surface area contributed by atoms with Gasteiger partial charge in [-0.15, -0.1) is 0 Å². The lowest BCUT2D eigenvalue weighted by molar-refractivity contribution is 0.0590. The van der Waals surface area contributed by atoms with Gasteiger partial charge in [0.1, 0.15) is 0 Å². The second kappa shape index (κ2) is 4.29. The summed E-state index contributed by atoms with van der Waals surface area (Å²) in [6.45, 7) is -2.82.